The van der Waals surface area contributed by atoms with Gasteiger partial charge in [-0.05, 0) is 72.7 Å². The fraction of sp³-hybridized carbons (Fsp3) is 0.227. The molecule has 0 saturated carbocycles. The average molecular weight is 391 g/mol. The van der Waals surface area contributed by atoms with E-state index in [1.165, 1.54) is 34.7 Å². The van der Waals surface area contributed by atoms with Gasteiger partial charge in [-0.25, -0.2) is 8.42 Å². The van der Waals surface area contributed by atoms with Gasteiger partial charge in [0.05, 0.1) is 11.8 Å². The Morgan fingerprint density at radius 1 is 0.964 bits per heavy atom. The third kappa shape index (κ3) is 2.94. The van der Waals surface area contributed by atoms with Crippen molar-refractivity contribution in [1.82, 2.24) is 9.97 Å². The van der Waals surface area contributed by atoms with E-state index in [-0.39, 0.29) is 0 Å². The van der Waals surface area contributed by atoms with Crippen molar-refractivity contribution in [2.24, 2.45) is 0 Å². The molecule has 1 aliphatic rings. The molecule has 0 unspecified atom stereocenters. The lowest BCUT2D eigenvalue weighted by molar-refractivity contribution is 0.607. The summed E-state index contributed by atoms with van der Waals surface area (Å²) in [6.45, 7) is 0. The van der Waals surface area contributed by atoms with E-state index in [1.807, 2.05) is 30.5 Å². The number of hydrogen-bond donors (Lipinski definition) is 2. The third-order valence-electron chi connectivity index (χ3n) is 5.49. The minimum Gasteiger partial charge on any atom is -0.354 e. The van der Waals surface area contributed by atoms with Gasteiger partial charge in [-0.2, -0.15) is 0 Å². The molecular weight excluding hydrogens is 370 g/mol. The lowest BCUT2D eigenvalue weighted by Gasteiger charge is -2.23. The minimum atomic E-state index is -3.28. The number of fused-ring (bicyclic) bond motifs is 5. The van der Waals surface area contributed by atoms with Crippen LogP contribution < -0.4 is 4.72 Å². The summed E-state index contributed by atoms with van der Waals surface area (Å²) in [6.07, 6.45) is 7.54. The van der Waals surface area contributed by atoms with Gasteiger partial charge in [0.25, 0.3) is 0 Å². The molecule has 5 rings (SSSR count). The van der Waals surface area contributed by atoms with Crippen molar-refractivity contribution in [2.45, 2.75) is 25.7 Å². The number of aromatic amines is 1. The highest BCUT2D eigenvalue weighted by Gasteiger charge is 2.20. The van der Waals surface area contributed by atoms with E-state index in [9.17, 15) is 8.42 Å². The maximum atomic E-state index is 11.5. The van der Waals surface area contributed by atoms with E-state index >= 15 is 0 Å². The SMILES string of the molecule is CS(=O)(=O)Nc1ccc(-c2[nH]c3ccc4nccc4c3c3c2CCCC3)cc1. The van der Waals surface area contributed by atoms with Crippen LogP contribution in [0, 0.1) is 0 Å². The smallest absolute Gasteiger partial charge is 0.229 e. The second-order valence-electron chi connectivity index (χ2n) is 7.48. The predicted molar refractivity (Wildman–Crippen MR) is 114 cm³/mol. The molecule has 0 spiro atoms. The first-order valence-electron chi connectivity index (χ1n) is 9.49. The molecule has 2 N–H and O–H groups in total. The second kappa shape index (κ2) is 6.34. The van der Waals surface area contributed by atoms with Crippen LogP contribution in [0.3, 0.4) is 0 Å². The highest BCUT2D eigenvalue weighted by Crippen LogP contribution is 2.38. The highest BCUT2D eigenvalue weighted by molar-refractivity contribution is 7.92. The van der Waals surface area contributed by atoms with Gasteiger partial charge >= 0.3 is 0 Å². The van der Waals surface area contributed by atoms with Gasteiger partial charge in [-0.1, -0.05) is 12.1 Å². The monoisotopic (exact) mass is 391 g/mol. The Bertz CT molecular complexity index is 1310. The Kier molecular flexibility index (Phi) is 3.91. The molecule has 0 radical (unpaired) electrons. The van der Waals surface area contributed by atoms with Gasteiger partial charge < -0.3 is 4.98 Å². The standard InChI is InChI=1S/C22H21N3O2S/c1-28(26,27)25-15-8-6-14(7-9-15)22-17-5-3-2-4-16(17)21-18-12-13-23-19(18)10-11-20(21)24-22/h6-13,24-25H,2-5H2,1H3. The molecule has 0 saturated heterocycles. The highest BCUT2D eigenvalue weighted by atomic mass is 32.2. The summed E-state index contributed by atoms with van der Waals surface area (Å²) < 4.78 is 25.4. The van der Waals surface area contributed by atoms with Crippen molar-refractivity contribution >= 4 is 37.5 Å². The molecule has 0 atom stereocenters. The van der Waals surface area contributed by atoms with E-state index in [1.54, 1.807) is 0 Å². The Labute approximate surface area is 163 Å². The number of anilines is 1. The van der Waals surface area contributed by atoms with E-state index < -0.39 is 10.0 Å². The molecule has 0 bridgehead atoms. The van der Waals surface area contributed by atoms with Crippen LogP contribution in [0.4, 0.5) is 5.69 Å². The van der Waals surface area contributed by atoms with Crippen molar-refractivity contribution in [3.8, 4) is 11.3 Å². The molecule has 4 aromatic rings. The van der Waals surface area contributed by atoms with Gasteiger partial charge in [-0.15, -0.1) is 0 Å². The summed E-state index contributed by atoms with van der Waals surface area (Å²) in [5.74, 6) is 0. The van der Waals surface area contributed by atoms with Crippen LogP contribution in [0.1, 0.15) is 24.0 Å². The summed E-state index contributed by atoms with van der Waals surface area (Å²) >= 11 is 0. The third-order valence-corrected chi connectivity index (χ3v) is 6.09. The Morgan fingerprint density at radius 3 is 2.46 bits per heavy atom. The van der Waals surface area contributed by atoms with E-state index in [4.69, 9.17) is 0 Å². The molecule has 5 nitrogen and oxygen atoms in total. The number of rotatable bonds is 3. The molecule has 2 aromatic heterocycles. The van der Waals surface area contributed by atoms with Gasteiger partial charge in [0.1, 0.15) is 0 Å². The number of hydrogen-bond acceptors (Lipinski definition) is 3. The summed E-state index contributed by atoms with van der Waals surface area (Å²) in [4.78, 5) is 8.12. The minimum absolute atomic E-state index is 0.575. The predicted octanol–water partition coefficient (Wildman–Crippen LogP) is 4.63. The summed E-state index contributed by atoms with van der Waals surface area (Å²) in [6, 6.07) is 13.9. The first kappa shape index (κ1) is 17.3. The van der Waals surface area contributed by atoms with Crippen LogP contribution >= 0.6 is 0 Å². The summed E-state index contributed by atoms with van der Waals surface area (Å²) in [5, 5.41) is 2.51. The number of H-pyrrole nitrogens is 1. The van der Waals surface area contributed by atoms with Crippen LogP contribution in [0.15, 0.2) is 48.7 Å². The van der Waals surface area contributed by atoms with Crippen molar-refractivity contribution in [3.05, 3.63) is 59.8 Å². The van der Waals surface area contributed by atoms with E-state index in [0.717, 1.165) is 41.4 Å². The van der Waals surface area contributed by atoms with E-state index in [0.29, 0.717) is 5.69 Å². The van der Waals surface area contributed by atoms with Gasteiger partial charge in [0.2, 0.25) is 10.0 Å². The maximum Gasteiger partial charge on any atom is 0.229 e. The van der Waals surface area contributed by atoms with Crippen molar-refractivity contribution < 1.29 is 8.42 Å². The summed E-state index contributed by atoms with van der Waals surface area (Å²) in [5.41, 5.74) is 7.73. The number of benzene rings is 2. The largest absolute Gasteiger partial charge is 0.354 e. The Hall–Kier alpha value is -2.86. The molecule has 142 valence electrons. The molecule has 28 heavy (non-hydrogen) atoms. The fourth-order valence-electron chi connectivity index (χ4n) is 4.34. The number of nitrogens with one attached hydrogen (secondary N) is 2. The van der Waals surface area contributed by atoms with Crippen LogP contribution in [-0.4, -0.2) is 24.6 Å². The zero-order valence-electron chi connectivity index (χ0n) is 15.6. The lowest BCUT2D eigenvalue weighted by Crippen LogP contribution is -2.09. The quantitative estimate of drug-likeness (QED) is 0.534. The number of pyridine rings is 1. The zero-order valence-corrected chi connectivity index (χ0v) is 16.4. The van der Waals surface area contributed by atoms with Gasteiger partial charge in [0, 0.05) is 33.9 Å². The normalized spacial score (nSPS) is 14.3. The maximum absolute atomic E-state index is 11.5. The fourth-order valence-corrected chi connectivity index (χ4v) is 4.91. The van der Waals surface area contributed by atoms with Crippen molar-refractivity contribution in [1.29, 1.82) is 0 Å². The van der Waals surface area contributed by atoms with Crippen LogP contribution in [0.5, 0.6) is 0 Å². The first-order valence-corrected chi connectivity index (χ1v) is 11.4. The van der Waals surface area contributed by atoms with Gasteiger partial charge in [0.15, 0.2) is 0 Å². The summed E-state index contributed by atoms with van der Waals surface area (Å²) in [7, 11) is -3.28. The number of nitrogens with zero attached hydrogens (tertiary/aromatic N) is 1. The van der Waals surface area contributed by atoms with Crippen LogP contribution in [0.25, 0.3) is 33.1 Å². The molecule has 6 heteroatoms. The first-order chi connectivity index (χ1) is 13.5. The molecule has 2 aromatic carbocycles. The molecule has 0 amide bonds. The van der Waals surface area contributed by atoms with Gasteiger partial charge in [-0.3, -0.25) is 9.71 Å². The zero-order chi connectivity index (χ0) is 19.3. The number of sulfonamides is 1. The second-order valence-corrected chi connectivity index (χ2v) is 9.23. The molecule has 2 heterocycles. The van der Waals surface area contributed by atoms with Crippen molar-refractivity contribution in [2.75, 3.05) is 11.0 Å². The molecule has 0 aliphatic heterocycles. The Balaban J connectivity index is 1.70. The molecule has 1 aliphatic carbocycles. The number of aromatic nitrogens is 2. The molecular formula is C22H21N3O2S. The lowest BCUT2D eigenvalue weighted by atomic mass is 9.85. The number of aryl methyl sites for hydroxylation is 1. The van der Waals surface area contributed by atoms with E-state index in [2.05, 4.69) is 32.9 Å². The topological polar surface area (TPSA) is 74.8 Å². The molecule has 0 fully saturated rings. The van der Waals surface area contributed by atoms with Crippen molar-refractivity contribution in [3.63, 3.8) is 0 Å². The van der Waals surface area contributed by atoms with Crippen LogP contribution in [0.2, 0.25) is 0 Å². The average Bonchev–Trinajstić information content (AvgIpc) is 3.15. The van der Waals surface area contributed by atoms with Crippen LogP contribution in [-0.2, 0) is 22.9 Å². The Morgan fingerprint density at radius 2 is 1.71 bits per heavy atom.